The van der Waals surface area contributed by atoms with Gasteiger partial charge in [-0.1, -0.05) is 57.5 Å². The molecule has 0 heterocycles. The molecule has 0 saturated carbocycles. The standard InChI is InChI=1S/C25H29N3O3/c1-4-6-15-31-25(30)21-12-8-10-14-23(21)28-24(29)19(16-26)17-27-22-13-9-7-11-20(22)18(3)5-2/h7-14,17-18,27H,4-6,15H2,1-3H3,(H,28,29)/b19-17-. The lowest BCUT2D eigenvalue weighted by molar-refractivity contribution is -0.112. The second-order valence-corrected chi connectivity index (χ2v) is 7.20. The highest BCUT2D eigenvalue weighted by atomic mass is 16.5. The summed E-state index contributed by atoms with van der Waals surface area (Å²) in [4.78, 5) is 25.0. The molecular weight excluding hydrogens is 390 g/mol. The van der Waals surface area contributed by atoms with Crippen molar-refractivity contribution in [1.82, 2.24) is 0 Å². The molecule has 0 aliphatic carbocycles. The summed E-state index contributed by atoms with van der Waals surface area (Å²) in [6.07, 6.45) is 4.04. The molecule has 6 nitrogen and oxygen atoms in total. The van der Waals surface area contributed by atoms with Crippen molar-refractivity contribution in [3.05, 3.63) is 71.4 Å². The van der Waals surface area contributed by atoms with Crippen LogP contribution in [0.1, 0.15) is 61.9 Å². The highest BCUT2D eigenvalue weighted by Gasteiger charge is 2.17. The summed E-state index contributed by atoms with van der Waals surface area (Å²) in [5.41, 5.74) is 2.40. The summed E-state index contributed by atoms with van der Waals surface area (Å²) in [6, 6.07) is 16.3. The van der Waals surface area contributed by atoms with Crippen molar-refractivity contribution >= 4 is 23.3 Å². The van der Waals surface area contributed by atoms with Crippen LogP contribution in [0, 0.1) is 11.3 Å². The number of carbonyl (C=O) groups excluding carboxylic acids is 2. The average Bonchev–Trinajstić information content (AvgIpc) is 2.79. The van der Waals surface area contributed by atoms with Crippen LogP contribution < -0.4 is 10.6 Å². The summed E-state index contributed by atoms with van der Waals surface area (Å²) in [6.45, 7) is 6.56. The van der Waals surface area contributed by atoms with E-state index in [1.54, 1.807) is 24.3 Å². The van der Waals surface area contributed by atoms with Gasteiger partial charge in [-0.25, -0.2) is 4.79 Å². The average molecular weight is 420 g/mol. The van der Waals surface area contributed by atoms with E-state index in [0.29, 0.717) is 18.2 Å². The maximum absolute atomic E-state index is 12.7. The Kier molecular flexibility index (Phi) is 9.31. The molecule has 2 N–H and O–H groups in total. The second kappa shape index (κ2) is 12.2. The van der Waals surface area contributed by atoms with Gasteiger partial charge in [0.05, 0.1) is 17.9 Å². The lowest BCUT2D eigenvalue weighted by Crippen LogP contribution is -2.18. The number of ether oxygens (including phenoxy) is 1. The molecule has 162 valence electrons. The molecule has 0 bridgehead atoms. The number of benzene rings is 2. The Bertz CT molecular complexity index is 976. The van der Waals surface area contributed by atoms with Crippen molar-refractivity contribution in [2.24, 2.45) is 0 Å². The monoisotopic (exact) mass is 419 g/mol. The van der Waals surface area contributed by atoms with Gasteiger partial charge in [0.25, 0.3) is 5.91 Å². The topological polar surface area (TPSA) is 91.2 Å². The Morgan fingerprint density at radius 1 is 1.10 bits per heavy atom. The van der Waals surface area contributed by atoms with E-state index in [1.807, 2.05) is 37.3 Å². The van der Waals surface area contributed by atoms with Gasteiger partial charge in [-0.15, -0.1) is 0 Å². The lowest BCUT2D eigenvalue weighted by atomic mass is 9.97. The quantitative estimate of drug-likeness (QED) is 0.226. The fraction of sp³-hybridized carbons (Fsp3) is 0.320. The van der Waals surface area contributed by atoms with Crippen LogP contribution in [-0.4, -0.2) is 18.5 Å². The summed E-state index contributed by atoms with van der Waals surface area (Å²) >= 11 is 0. The van der Waals surface area contributed by atoms with Crippen LogP contribution in [0.25, 0.3) is 0 Å². The maximum atomic E-state index is 12.7. The fourth-order valence-electron chi connectivity index (χ4n) is 2.92. The largest absolute Gasteiger partial charge is 0.462 e. The number of nitrogens with zero attached hydrogens (tertiary/aromatic N) is 1. The van der Waals surface area contributed by atoms with Gasteiger partial charge in [-0.2, -0.15) is 5.26 Å². The van der Waals surface area contributed by atoms with Crippen molar-refractivity contribution in [2.75, 3.05) is 17.2 Å². The predicted octanol–water partition coefficient (Wildman–Crippen LogP) is 5.62. The number of amides is 1. The maximum Gasteiger partial charge on any atom is 0.340 e. The molecule has 0 fully saturated rings. The summed E-state index contributed by atoms with van der Waals surface area (Å²) in [5, 5.41) is 15.2. The molecule has 0 saturated heterocycles. The van der Waals surface area contributed by atoms with Gasteiger partial charge in [-0.3, -0.25) is 4.79 Å². The molecule has 2 aromatic carbocycles. The van der Waals surface area contributed by atoms with Crippen LogP contribution >= 0.6 is 0 Å². The summed E-state index contributed by atoms with van der Waals surface area (Å²) in [5.74, 6) is -0.778. The Morgan fingerprint density at radius 2 is 1.77 bits per heavy atom. The van der Waals surface area contributed by atoms with E-state index in [2.05, 4.69) is 24.5 Å². The number of hydrogen-bond acceptors (Lipinski definition) is 5. The number of unbranched alkanes of at least 4 members (excludes halogenated alkanes) is 1. The van der Waals surface area contributed by atoms with Gasteiger partial charge in [-0.05, 0) is 42.5 Å². The molecule has 1 amide bonds. The van der Waals surface area contributed by atoms with E-state index in [1.165, 1.54) is 6.20 Å². The molecule has 0 radical (unpaired) electrons. The first-order valence-electron chi connectivity index (χ1n) is 10.5. The number of esters is 1. The fourth-order valence-corrected chi connectivity index (χ4v) is 2.92. The zero-order valence-corrected chi connectivity index (χ0v) is 18.3. The molecule has 2 rings (SSSR count). The highest BCUT2D eigenvalue weighted by Crippen LogP contribution is 2.26. The molecule has 0 aliphatic heterocycles. The van der Waals surface area contributed by atoms with Crippen LogP contribution in [0.2, 0.25) is 0 Å². The van der Waals surface area contributed by atoms with Gasteiger partial charge in [0.15, 0.2) is 0 Å². The minimum Gasteiger partial charge on any atom is -0.462 e. The third-order valence-corrected chi connectivity index (χ3v) is 4.97. The third kappa shape index (κ3) is 6.71. The minimum absolute atomic E-state index is 0.104. The Hall–Kier alpha value is -3.59. The number of rotatable bonds is 10. The van der Waals surface area contributed by atoms with Crippen molar-refractivity contribution < 1.29 is 14.3 Å². The Labute approximate surface area is 183 Å². The van der Waals surface area contributed by atoms with E-state index in [9.17, 15) is 14.9 Å². The SMILES string of the molecule is CCCCOC(=O)c1ccccc1NC(=O)/C(C#N)=C\Nc1ccccc1C(C)CC. The van der Waals surface area contributed by atoms with E-state index in [0.717, 1.165) is 30.5 Å². The third-order valence-electron chi connectivity index (χ3n) is 4.97. The molecule has 0 aliphatic rings. The van der Waals surface area contributed by atoms with E-state index < -0.39 is 11.9 Å². The number of carbonyl (C=O) groups is 2. The van der Waals surface area contributed by atoms with Crippen LogP contribution in [0.15, 0.2) is 60.3 Å². The molecule has 1 unspecified atom stereocenters. The lowest BCUT2D eigenvalue weighted by Gasteiger charge is -2.15. The van der Waals surface area contributed by atoms with Crippen LogP contribution in [0.5, 0.6) is 0 Å². The Balaban J connectivity index is 2.16. The smallest absolute Gasteiger partial charge is 0.340 e. The number of hydrogen-bond donors (Lipinski definition) is 2. The predicted molar refractivity (Wildman–Crippen MR) is 123 cm³/mol. The van der Waals surface area contributed by atoms with Gasteiger partial charge < -0.3 is 15.4 Å². The first-order valence-corrected chi connectivity index (χ1v) is 10.5. The normalized spacial score (nSPS) is 11.9. The molecule has 0 aromatic heterocycles. The van der Waals surface area contributed by atoms with Crippen LogP contribution in [0.3, 0.4) is 0 Å². The van der Waals surface area contributed by atoms with Crippen molar-refractivity contribution in [2.45, 2.75) is 46.0 Å². The van der Waals surface area contributed by atoms with Crippen LogP contribution in [0.4, 0.5) is 11.4 Å². The van der Waals surface area contributed by atoms with Gasteiger partial charge in [0.2, 0.25) is 0 Å². The molecule has 6 heteroatoms. The Morgan fingerprint density at radius 3 is 2.45 bits per heavy atom. The first-order chi connectivity index (χ1) is 15.0. The number of para-hydroxylation sites is 2. The van der Waals surface area contributed by atoms with E-state index in [4.69, 9.17) is 4.74 Å². The number of nitrogens with one attached hydrogen (secondary N) is 2. The number of nitriles is 1. The summed E-state index contributed by atoms with van der Waals surface area (Å²) < 4.78 is 5.25. The van der Waals surface area contributed by atoms with E-state index >= 15 is 0 Å². The van der Waals surface area contributed by atoms with Crippen LogP contribution in [-0.2, 0) is 9.53 Å². The number of anilines is 2. The van der Waals surface area contributed by atoms with Crippen molar-refractivity contribution in [3.8, 4) is 6.07 Å². The molecular formula is C25H29N3O3. The van der Waals surface area contributed by atoms with Crippen molar-refractivity contribution in [3.63, 3.8) is 0 Å². The van der Waals surface area contributed by atoms with Gasteiger partial charge >= 0.3 is 5.97 Å². The molecule has 0 spiro atoms. The minimum atomic E-state index is -0.607. The van der Waals surface area contributed by atoms with Gasteiger partial charge in [0.1, 0.15) is 11.6 Å². The zero-order valence-electron chi connectivity index (χ0n) is 18.3. The van der Waals surface area contributed by atoms with Crippen molar-refractivity contribution in [1.29, 1.82) is 5.26 Å². The van der Waals surface area contributed by atoms with E-state index in [-0.39, 0.29) is 11.1 Å². The first kappa shape index (κ1) is 23.7. The summed E-state index contributed by atoms with van der Waals surface area (Å²) in [7, 11) is 0. The zero-order chi connectivity index (χ0) is 22.6. The van der Waals surface area contributed by atoms with Gasteiger partial charge in [0, 0.05) is 11.9 Å². The molecule has 1 atom stereocenters. The molecule has 31 heavy (non-hydrogen) atoms. The highest BCUT2D eigenvalue weighted by molar-refractivity contribution is 6.09. The second-order valence-electron chi connectivity index (χ2n) is 7.20. The molecule has 2 aromatic rings.